The van der Waals surface area contributed by atoms with E-state index in [1.807, 2.05) is 0 Å². The smallest absolute Gasteiger partial charge is 0.326 e. The Kier molecular flexibility index (Phi) is 10.2. The number of nitrogen functional groups attached to an aromatic ring is 1. The second-order valence-electron chi connectivity index (χ2n) is 7.05. The van der Waals surface area contributed by atoms with Gasteiger partial charge in [0, 0.05) is 18.9 Å². The number of nitrogens with one attached hydrogen (secondary N) is 2. The largest absolute Gasteiger partial charge is 0.497 e. The highest BCUT2D eigenvalue weighted by Crippen LogP contribution is 2.24. The van der Waals surface area contributed by atoms with Crippen LogP contribution in [-0.2, 0) is 20.7 Å². The van der Waals surface area contributed by atoms with E-state index in [4.69, 9.17) is 32.2 Å². The van der Waals surface area contributed by atoms with E-state index in [9.17, 15) is 14.7 Å². The second kappa shape index (κ2) is 13.1. The summed E-state index contributed by atoms with van der Waals surface area (Å²) in [5.41, 5.74) is 7.72. The molecule has 0 aliphatic rings. The van der Waals surface area contributed by atoms with Crippen molar-refractivity contribution in [2.45, 2.75) is 32.2 Å². The molecule has 5 N–H and O–H groups in total. The fourth-order valence-corrected chi connectivity index (χ4v) is 3.15. The monoisotopic (exact) mass is 475 g/mol. The Balaban J connectivity index is 1.86. The summed E-state index contributed by atoms with van der Waals surface area (Å²) in [6.07, 6.45) is 1.06. The van der Waals surface area contributed by atoms with Gasteiger partial charge in [-0.05, 0) is 55.4 Å². The van der Waals surface area contributed by atoms with Gasteiger partial charge >= 0.3 is 11.9 Å². The molecule has 9 nitrogen and oxygen atoms in total. The lowest BCUT2D eigenvalue weighted by molar-refractivity contribution is -0.143. The molecule has 1 atom stereocenters. The molecule has 2 aromatic carbocycles. The Morgan fingerprint density at radius 1 is 1.15 bits per heavy atom. The van der Waals surface area contributed by atoms with Crippen molar-refractivity contribution in [2.24, 2.45) is 0 Å². The predicted molar refractivity (Wildman–Crippen MR) is 130 cm³/mol. The van der Waals surface area contributed by atoms with E-state index < -0.39 is 12.0 Å². The summed E-state index contributed by atoms with van der Waals surface area (Å²) in [6.45, 7) is 2.51. The third-order valence-electron chi connectivity index (χ3n) is 4.57. The maximum Gasteiger partial charge on any atom is 0.326 e. The van der Waals surface area contributed by atoms with Gasteiger partial charge in [0.05, 0.1) is 31.7 Å². The van der Waals surface area contributed by atoms with Gasteiger partial charge in [-0.1, -0.05) is 12.1 Å². The zero-order valence-electron chi connectivity index (χ0n) is 18.6. The quantitative estimate of drug-likeness (QED) is 0.157. The number of thiocarbonyl (C=S) groups is 1. The van der Waals surface area contributed by atoms with Gasteiger partial charge in [-0.2, -0.15) is 0 Å². The number of hydrogen-bond acceptors (Lipinski definition) is 7. The summed E-state index contributed by atoms with van der Waals surface area (Å²) < 4.78 is 15.6. The number of nitrogens with two attached hydrogens (primary N) is 1. The second-order valence-corrected chi connectivity index (χ2v) is 7.46. The maximum atomic E-state index is 11.7. The van der Waals surface area contributed by atoms with Crippen LogP contribution in [0, 0.1) is 0 Å². The van der Waals surface area contributed by atoms with Gasteiger partial charge in [-0.15, -0.1) is 0 Å². The summed E-state index contributed by atoms with van der Waals surface area (Å²) in [7, 11) is 1.54. The molecular formula is C23H29N3O6S. The van der Waals surface area contributed by atoms with Crippen molar-refractivity contribution in [2.75, 3.05) is 31.4 Å². The van der Waals surface area contributed by atoms with Crippen molar-refractivity contribution in [3.8, 4) is 11.5 Å². The lowest BCUT2D eigenvalue weighted by atomic mass is 10.1. The molecule has 0 heterocycles. The van der Waals surface area contributed by atoms with E-state index in [1.54, 1.807) is 49.4 Å². The molecular weight excluding hydrogens is 446 g/mol. The van der Waals surface area contributed by atoms with Crippen LogP contribution in [0.1, 0.15) is 25.3 Å². The first-order chi connectivity index (χ1) is 15.8. The SMILES string of the molecule is CCOC(=O)CCCOc1ccc(C[C@H](NC(=S)Nc2ccc(OC)cc2N)C(=O)O)cc1. The first-order valence-electron chi connectivity index (χ1n) is 10.4. The molecule has 0 unspecified atom stereocenters. The molecule has 0 aromatic heterocycles. The Hall–Kier alpha value is -3.53. The third kappa shape index (κ3) is 8.85. The first kappa shape index (κ1) is 25.7. The number of benzene rings is 2. The van der Waals surface area contributed by atoms with Crippen molar-refractivity contribution >= 4 is 40.6 Å². The van der Waals surface area contributed by atoms with Crippen LogP contribution < -0.4 is 25.8 Å². The van der Waals surface area contributed by atoms with E-state index in [0.717, 1.165) is 5.56 Å². The van der Waals surface area contributed by atoms with Crippen LogP contribution in [0.15, 0.2) is 42.5 Å². The Morgan fingerprint density at radius 3 is 2.45 bits per heavy atom. The maximum absolute atomic E-state index is 11.7. The number of carbonyl (C=O) groups excluding carboxylic acids is 1. The molecule has 0 aliphatic carbocycles. The molecule has 178 valence electrons. The zero-order valence-corrected chi connectivity index (χ0v) is 19.4. The van der Waals surface area contributed by atoms with E-state index in [0.29, 0.717) is 48.9 Å². The fraction of sp³-hybridized carbons (Fsp3) is 0.348. The zero-order chi connectivity index (χ0) is 24.2. The Morgan fingerprint density at radius 2 is 1.85 bits per heavy atom. The van der Waals surface area contributed by atoms with Gasteiger partial charge in [0.2, 0.25) is 0 Å². The number of anilines is 2. The van der Waals surface area contributed by atoms with E-state index in [2.05, 4.69) is 10.6 Å². The molecule has 0 saturated carbocycles. The highest BCUT2D eigenvalue weighted by atomic mass is 32.1. The number of carboxylic acids is 1. The minimum Gasteiger partial charge on any atom is -0.497 e. The summed E-state index contributed by atoms with van der Waals surface area (Å²) in [4.78, 5) is 23.1. The number of carboxylic acid groups (broad SMARTS) is 1. The van der Waals surface area contributed by atoms with Crippen LogP contribution in [0.4, 0.5) is 11.4 Å². The number of rotatable bonds is 12. The number of methoxy groups -OCH3 is 1. The Bertz CT molecular complexity index is 952. The summed E-state index contributed by atoms with van der Waals surface area (Å²) in [5.74, 6) is -0.0479. The number of aliphatic carboxylic acids is 1. The molecule has 33 heavy (non-hydrogen) atoms. The van der Waals surface area contributed by atoms with Crippen LogP contribution in [-0.4, -0.2) is 48.5 Å². The van der Waals surface area contributed by atoms with Crippen molar-refractivity contribution in [3.05, 3.63) is 48.0 Å². The topological polar surface area (TPSA) is 132 Å². The van der Waals surface area contributed by atoms with Crippen LogP contribution in [0.5, 0.6) is 11.5 Å². The lowest BCUT2D eigenvalue weighted by Crippen LogP contribution is -2.44. The fourth-order valence-electron chi connectivity index (χ4n) is 2.90. The van der Waals surface area contributed by atoms with Crippen LogP contribution >= 0.6 is 12.2 Å². The van der Waals surface area contributed by atoms with Crippen molar-refractivity contribution in [1.82, 2.24) is 5.32 Å². The van der Waals surface area contributed by atoms with Crippen LogP contribution in [0.25, 0.3) is 0 Å². The highest BCUT2D eigenvalue weighted by Gasteiger charge is 2.19. The average Bonchev–Trinajstić information content (AvgIpc) is 2.78. The molecule has 0 bridgehead atoms. The van der Waals surface area contributed by atoms with E-state index in [-0.39, 0.29) is 17.5 Å². The minimum atomic E-state index is -1.04. The van der Waals surface area contributed by atoms with Crippen molar-refractivity contribution in [3.63, 3.8) is 0 Å². The number of carbonyl (C=O) groups is 2. The lowest BCUT2D eigenvalue weighted by Gasteiger charge is -2.18. The molecule has 0 fully saturated rings. The van der Waals surface area contributed by atoms with E-state index in [1.165, 1.54) is 7.11 Å². The molecule has 0 spiro atoms. The molecule has 0 amide bonds. The molecule has 2 aromatic rings. The molecule has 10 heteroatoms. The normalized spacial score (nSPS) is 11.2. The van der Waals surface area contributed by atoms with Crippen LogP contribution in [0.2, 0.25) is 0 Å². The molecule has 0 aliphatic heterocycles. The van der Waals surface area contributed by atoms with Gasteiger partial charge in [0.25, 0.3) is 0 Å². The summed E-state index contributed by atoms with van der Waals surface area (Å²) in [6, 6.07) is 11.2. The van der Waals surface area contributed by atoms with Gasteiger partial charge in [0.15, 0.2) is 5.11 Å². The molecule has 0 saturated heterocycles. The van der Waals surface area contributed by atoms with Gasteiger partial charge in [0.1, 0.15) is 17.5 Å². The van der Waals surface area contributed by atoms with Gasteiger partial charge in [-0.25, -0.2) is 4.79 Å². The van der Waals surface area contributed by atoms with Crippen molar-refractivity contribution in [1.29, 1.82) is 0 Å². The number of ether oxygens (including phenoxy) is 3. The van der Waals surface area contributed by atoms with Gasteiger partial charge < -0.3 is 35.7 Å². The van der Waals surface area contributed by atoms with Crippen molar-refractivity contribution < 1.29 is 28.9 Å². The van der Waals surface area contributed by atoms with Gasteiger partial charge in [-0.3, -0.25) is 4.79 Å². The minimum absolute atomic E-state index is 0.140. The summed E-state index contributed by atoms with van der Waals surface area (Å²) >= 11 is 5.26. The molecule has 0 radical (unpaired) electrons. The number of esters is 1. The average molecular weight is 476 g/mol. The Labute approximate surface area is 198 Å². The standard InChI is InChI=1S/C23H29N3O6S/c1-3-31-21(27)5-4-12-32-16-8-6-15(7-9-16)13-20(22(28)29)26-23(33)25-19-11-10-17(30-2)14-18(19)24/h6-11,14,20H,3-5,12-13,24H2,1-2H3,(H,28,29)(H2,25,26,33)/t20-/m0/s1. The highest BCUT2D eigenvalue weighted by molar-refractivity contribution is 7.80. The molecule has 2 rings (SSSR count). The third-order valence-corrected chi connectivity index (χ3v) is 4.79. The summed E-state index contributed by atoms with van der Waals surface area (Å²) in [5, 5.41) is 15.5. The first-order valence-corrected chi connectivity index (χ1v) is 10.8. The van der Waals surface area contributed by atoms with Crippen LogP contribution in [0.3, 0.4) is 0 Å². The van der Waals surface area contributed by atoms with E-state index >= 15 is 0 Å². The predicted octanol–water partition coefficient (Wildman–Crippen LogP) is 2.98. The number of hydrogen-bond donors (Lipinski definition) is 4.